The minimum atomic E-state index is -0.458. The van der Waals surface area contributed by atoms with Crippen LogP contribution in [-0.2, 0) is 6.42 Å². The summed E-state index contributed by atoms with van der Waals surface area (Å²) in [5.41, 5.74) is 5.48. The highest BCUT2D eigenvalue weighted by molar-refractivity contribution is 6.28. The van der Waals surface area contributed by atoms with Gasteiger partial charge in [0.1, 0.15) is 0 Å². The fourth-order valence-electron chi connectivity index (χ4n) is 0.690. The quantitative estimate of drug-likeness (QED) is 0.676. The van der Waals surface area contributed by atoms with Crippen molar-refractivity contribution in [1.29, 1.82) is 0 Å². The maximum atomic E-state index is 12.7. The Morgan fingerprint density at radius 1 is 1.64 bits per heavy atom. The molecule has 1 aromatic rings. The van der Waals surface area contributed by atoms with Crippen LogP contribution in [0.5, 0.6) is 0 Å². The molecular weight excluding hydrogens is 169 g/mol. The lowest BCUT2D eigenvalue weighted by Gasteiger charge is -1.98. The highest BCUT2D eigenvalue weighted by atomic mass is 35.5. The zero-order valence-corrected chi connectivity index (χ0v) is 6.48. The topological polar surface area (TPSA) is 51.8 Å². The van der Waals surface area contributed by atoms with Crippen LogP contribution in [0.2, 0.25) is 5.28 Å². The van der Waals surface area contributed by atoms with Crippen molar-refractivity contribution in [2.75, 3.05) is 6.54 Å². The van der Waals surface area contributed by atoms with Gasteiger partial charge in [0, 0.05) is 6.42 Å². The monoisotopic (exact) mass is 175 g/mol. The molecule has 1 aromatic heterocycles. The summed E-state index contributed by atoms with van der Waals surface area (Å²) in [5, 5.41) is 0.0508. The number of nitrogens with zero attached hydrogens (tertiary/aromatic N) is 2. The largest absolute Gasteiger partial charge is 0.330 e. The molecule has 0 aliphatic rings. The number of halogens is 2. The van der Waals surface area contributed by atoms with Gasteiger partial charge in [-0.2, -0.15) is 0 Å². The molecule has 0 aliphatic heterocycles. The predicted octanol–water partition coefficient (Wildman–Crippen LogP) is 0.770. The summed E-state index contributed by atoms with van der Waals surface area (Å²) in [4.78, 5) is 7.12. The van der Waals surface area contributed by atoms with Crippen LogP contribution in [0.15, 0.2) is 6.20 Å². The van der Waals surface area contributed by atoms with E-state index < -0.39 is 5.82 Å². The Balaban J connectivity index is 2.93. The van der Waals surface area contributed by atoms with Crippen LogP contribution in [-0.4, -0.2) is 16.5 Å². The summed E-state index contributed by atoms with van der Waals surface area (Å²) in [6, 6.07) is 0. The number of nitrogens with two attached hydrogens (primary N) is 1. The predicted molar refractivity (Wildman–Crippen MR) is 39.8 cm³/mol. The Hall–Kier alpha value is -0.740. The van der Waals surface area contributed by atoms with Crippen molar-refractivity contribution in [2.45, 2.75) is 6.42 Å². The molecule has 0 atom stereocenters. The Morgan fingerprint density at radius 3 is 3.00 bits per heavy atom. The van der Waals surface area contributed by atoms with E-state index in [1.807, 2.05) is 0 Å². The molecule has 0 saturated heterocycles. The van der Waals surface area contributed by atoms with Crippen LogP contribution >= 0.6 is 11.6 Å². The summed E-state index contributed by atoms with van der Waals surface area (Å²) in [7, 11) is 0. The van der Waals surface area contributed by atoms with Gasteiger partial charge in [0.05, 0.1) is 11.9 Å². The molecule has 1 heterocycles. The van der Waals surface area contributed by atoms with E-state index in [1.165, 1.54) is 0 Å². The number of hydrogen-bond donors (Lipinski definition) is 1. The van der Waals surface area contributed by atoms with E-state index >= 15 is 0 Å². The second kappa shape index (κ2) is 3.59. The van der Waals surface area contributed by atoms with Crippen LogP contribution in [0.1, 0.15) is 5.69 Å². The lowest BCUT2D eigenvalue weighted by atomic mass is 10.3. The van der Waals surface area contributed by atoms with Crippen LogP contribution < -0.4 is 5.73 Å². The molecule has 0 spiro atoms. The first-order valence-electron chi connectivity index (χ1n) is 3.11. The Morgan fingerprint density at radius 2 is 2.36 bits per heavy atom. The van der Waals surface area contributed by atoms with E-state index in [9.17, 15) is 4.39 Å². The van der Waals surface area contributed by atoms with Crippen molar-refractivity contribution in [1.82, 2.24) is 9.97 Å². The summed E-state index contributed by atoms with van der Waals surface area (Å²) in [6.45, 7) is 0.351. The minimum absolute atomic E-state index is 0.0508. The Labute approximate surface area is 68.4 Å². The molecular formula is C6H7ClFN3. The third-order valence-electron chi connectivity index (χ3n) is 1.17. The van der Waals surface area contributed by atoms with Crippen molar-refractivity contribution in [3.05, 3.63) is 23.0 Å². The fraction of sp³-hybridized carbons (Fsp3) is 0.333. The third-order valence-corrected chi connectivity index (χ3v) is 1.35. The molecule has 11 heavy (non-hydrogen) atoms. The molecule has 0 aromatic carbocycles. The summed E-state index contributed by atoms with van der Waals surface area (Å²) in [6.07, 6.45) is 1.42. The van der Waals surface area contributed by atoms with E-state index in [0.717, 1.165) is 6.20 Å². The molecule has 3 nitrogen and oxygen atoms in total. The van der Waals surface area contributed by atoms with Crippen LogP contribution in [0, 0.1) is 5.82 Å². The van der Waals surface area contributed by atoms with Gasteiger partial charge in [-0.25, -0.2) is 14.4 Å². The van der Waals surface area contributed by atoms with E-state index in [1.54, 1.807) is 0 Å². The number of hydrogen-bond acceptors (Lipinski definition) is 3. The maximum absolute atomic E-state index is 12.7. The zero-order chi connectivity index (χ0) is 8.27. The molecule has 0 amide bonds. The molecule has 2 N–H and O–H groups in total. The van der Waals surface area contributed by atoms with Crippen molar-refractivity contribution in [2.24, 2.45) is 5.73 Å². The van der Waals surface area contributed by atoms with Gasteiger partial charge in [-0.1, -0.05) is 0 Å². The molecule has 1 rings (SSSR count). The Bertz CT molecular complexity index is 254. The molecule has 0 fully saturated rings. The molecule has 0 saturated carbocycles. The lowest BCUT2D eigenvalue weighted by molar-refractivity contribution is 0.590. The first-order chi connectivity index (χ1) is 5.24. The van der Waals surface area contributed by atoms with Gasteiger partial charge in [-0.05, 0) is 18.1 Å². The first-order valence-corrected chi connectivity index (χ1v) is 3.49. The molecule has 0 radical (unpaired) electrons. The first kappa shape index (κ1) is 8.36. The van der Waals surface area contributed by atoms with Gasteiger partial charge >= 0.3 is 0 Å². The lowest BCUT2D eigenvalue weighted by Crippen LogP contribution is -2.07. The van der Waals surface area contributed by atoms with Gasteiger partial charge in [0.2, 0.25) is 5.28 Å². The van der Waals surface area contributed by atoms with E-state index in [0.29, 0.717) is 13.0 Å². The Kier molecular flexibility index (Phi) is 2.73. The van der Waals surface area contributed by atoms with Gasteiger partial charge in [-0.15, -0.1) is 0 Å². The van der Waals surface area contributed by atoms with Crippen molar-refractivity contribution in [3.63, 3.8) is 0 Å². The second-order valence-corrected chi connectivity index (χ2v) is 2.31. The van der Waals surface area contributed by atoms with Gasteiger partial charge in [-0.3, -0.25) is 0 Å². The molecule has 5 heteroatoms. The fourth-order valence-corrected chi connectivity index (χ4v) is 0.841. The highest BCUT2D eigenvalue weighted by Crippen LogP contribution is 2.06. The second-order valence-electron chi connectivity index (χ2n) is 1.97. The molecule has 0 unspecified atom stereocenters. The smallest absolute Gasteiger partial charge is 0.222 e. The summed E-state index contributed by atoms with van der Waals surface area (Å²) >= 11 is 5.42. The number of rotatable bonds is 2. The number of aromatic nitrogens is 2. The molecule has 0 bridgehead atoms. The van der Waals surface area contributed by atoms with Gasteiger partial charge in [0.15, 0.2) is 5.82 Å². The van der Waals surface area contributed by atoms with Crippen molar-refractivity contribution < 1.29 is 4.39 Å². The van der Waals surface area contributed by atoms with Crippen molar-refractivity contribution in [3.8, 4) is 0 Å². The van der Waals surface area contributed by atoms with Crippen molar-refractivity contribution >= 4 is 11.6 Å². The average molecular weight is 176 g/mol. The van der Waals surface area contributed by atoms with Gasteiger partial charge < -0.3 is 5.73 Å². The van der Waals surface area contributed by atoms with E-state index in [4.69, 9.17) is 17.3 Å². The van der Waals surface area contributed by atoms with E-state index in [2.05, 4.69) is 9.97 Å². The standard InChI is InChI=1S/C6H7ClFN3/c7-6-10-3-4(8)5(11-6)1-2-9/h3H,1-2,9H2. The van der Waals surface area contributed by atoms with Crippen LogP contribution in [0.4, 0.5) is 4.39 Å². The van der Waals surface area contributed by atoms with E-state index in [-0.39, 0.29) is 11.0 Å². The third kappa shape index (κ3) is 2.10. The molecule has 60 valence electrons. The molecule has 0 aliphatic carbocycles. The van der Waals surface area contributed by atoms with Gasteiger partial charge in [0.25, 0.3) is 0 Å². The minimum Gasteiger partial charge on any atom is -0.330 e. The normalized spacial score (nSPS) is 10.1. The summed E-state index contributed by atoms with van der Waals surface area (Å²) < 4.78 is 12.7. The van der Waals surface area contributed by atoms with Crippen LogP contribution in [0.3, 0.4) is 0 Å². The average Bonchev–Trinajstić information content (AvgIpc) is 1.98. The zero-order valence-electron chi connectivity index (χ0n) is 5.72. The highest BCUT2D eigenvalue weighted by Gasteiger charge is 2.03. The summed E-state index contributed by atoms with van der Waals surface area (Å²) in [5.74, 6) is -0.458. The maximum Gasteiger partial charge on any atom is 0.222 e. The SMILES string of the molecule is NCCc1nc(Cl)ncc1F. The van der Waals surface area contributed by atoms with Crippen LogP contribution in [0.25, 0.3) is 0 Å².